The van der Waals surface area contributed by atoms with E-state index in [1.165, 1.54) is 13.2 Å². The van der Waals surface area contributed by atoms with Crippen LogP contribution in [0.25, 0.3) is 11.0 Å². The minimum Gasteiger partial charge on any atom is -0.497 e. The van der Waals surface area contributed by atoms with Gasteiger partial charge in [-0.05, 0) is 37.1 Å². The van der Waals surface area contributed by atoms with Crippen LogP contribution in [0, 0.1) is 13.8 Å². The molecule has 0 fully saturated rings. The maximum atomic E-state index is 13.7. The standard InChI is InChI=1S/C26H20O5/c1-15-8-4-6-10-18(15)24(27)22-20-13-12-17(30-3)14-21(20)31-26(29)23(22)25(28)19-11-7-5-9-16(19)2/h4-14H,1-3H3. The molecule has 0 radical (unpaired) electrons. The van der Waals surface area contributed by atoms with E-state index in [0.717, 1.165) is 5.56 Å². The molecule has 4 aromatic rings. The van der Waals surface area contributed by atoms with Crippen molar-refractivity contribution in [2.45, 2.75) is 13.8 Å². The first-order valence-corrected chi connectivity index (χ1v) is 9.78. The smallest absolute Gasteiger partial charge is 0.348 e. The monoisotopic (exact) mass is 412 g/mol. The average molecular weight is 412 g/mol. The van der Waals surface area contributed by atoms with Gasteiger partial charge in [0.2, 0.25) is 5.78 Å². The van der Waals surface area contributed by atoms with Crippen LogP contribution in [0.15, 0.2) is 75.9 Å². The van der Waals surface area contributed by atoms with Crippen LogP contribution in [0.3, 0.4) is 0 Å². The number of hydrogen-bond acceptors (Lipinski definition) is 5. The minimum atomic E-state index is -0.856. The zero-order valence-corrected chi connectivity index (χ0v) is 17.4. The molecule has 0 saturated heterocycles. The Morgan fingerprint density at radius 1 is 0.774 bits per heavy atom. The highest BCUT2D eigenvalue weighted by Gasteiger charge is 2.28. The van der Waals surface area contributed by atoms with Gasteiger partial charge in [-0.1, -0.05) is 48.5 Å². The lowest BCUT2D eigenvalue weighted by Gasteiger charge is -2.13. The van der Waals surface area contributed by atoms with Crippen LogP contribution >= 0.6 is 0 Å². The van der Waals surface area contributed by atoms with Crippen LogP contribution in [0.4, 0.5) is 0 Å². The predicted molar refractivity (Wildman–Crippen MR) is 118 cm³/mol. The topological polar surface area (TPSA) is 73.6 Å². The molecule has 31 heavy (non-hydrogen) atoms. The van der Waals surface area contributed by atoms with Crippen molar-refractivity contribution < 1.29 is 18.7 Å². The zero-order valence-electron chi connectivity index (χ0n) is 17.4. The van der Waals surface area contributed by atoms with E-state index in [4.69, 9.17) is 9.15 Å². The number of aryl methyl sites for hydroxylation is 2. The minimum absolute atomic E-state index is 0.0384. The zero-order chi connectivity index (χ0) is 22.1. The molecule has 0 saturated carbocycles. The van der Waals surface area contributed by atoms with Crippen LogP contribution < -0.4 is 10.4 Å². The summed E-state index contributed by atoms with van der Waals surface area (Å²) in [6, 6.07) is 18.9. The Kier molecular flexibility index (Phi) is 5.26. The molecule has 5 nitrogen and oxygen atoms in total. The van der Waals surface area contributed by atoms with Crippen LogP contribution in [-0.2, 0) is 0 Å². The first kappa shape index (κ1) is 20.3. The molecule has 3 aromatic carbocycles. The maximum absolute atomic E-state index is 13.7. The number of ketones is 2. The summed E-state index contributed by atoms with van der Waals surface area (Å²) in [5.41, 5.74) is 1.32. The highest BCUT2D eigenvalue weighted by atomic mass is 16.5. The molecule has 0 amide bonds. The Labute approximate surface area is 178 Å². The largest absolute Gasteiger partial charge is 0.497 e. The van der Waals surface area contributed by atoms with Crippen molar-refractivity contribution in [2.75, 3.05) is 7.11 Å². The molecule has 0 spiro atoms. The number of carbonyl (C=O) groups is 2. The molecule has 4 rings (SSSR count). The number of rotatable bonds is 5. The summed E-state index contributed by atoms with van der Waals surface area (Å²) in [6.45, 7) is 3.59. The van der Waals surface area contributed by atoms with E-state index in [-0.39, 0.29) is 16.7 Å². The number of methoxy groups -OCH3 is 1. The van der Waals surface area contributed by atoms with Crippen LogP contribution in [0.1, 0.15) is 43.0 Å². The fourth-order valence-corrected chi connectivity index (χ4v) is 3.67. The molecule has 1 heterocycles. The number of benzene rings is 3. The molecule has 5 heteroatoms. The summed E-state index contributed by atoms with van der Waals surface area (Å²) in [6.07, 6.45) is 0. The normalized spacial score (nSPS) is 10.8. The Bertz CT molecular complexity index is 1390. The first-order valence-electron chi connectivity index (χ1n) is 9.78. The summed E-state index contributed by atoms with van der Waals surface area (Å²) in [5, 5.41) is 0.380. The number of ether oxygens (including phenoxy) is 1. The van der Waals surface area contributed by atoms with Gasteiger partial charge in [-0.2, -0.15) is 0 Å². The van der Waals surface area contributed by atoms with E-state index in [9.17, 15) is 14.4 Å². The summed E-state index contributed by atoms with van der Waals surface area (Å²) >= 11 is 0. The van der Waals surface area contributed by atoms with E-state index >= 15 is 0 Å². The Balaban J connectivity index is 2.07. The third kappa shape index (κ3) is 3.55. The fraction of sp³-hybridized carbons (Fsp3) is 0.115. The Morgan fingerprint density at radius 3 is 1.87 bits per heavy atom. The lowest BCUT2D eigenvalue weighted by molar-refractivity contribution is 0.100. The second-order valence-electron chi connectivity index (χ2n) is 7.29. The molecular formula is C26H20O5. The summed E-state index contributed by atoms with van der Waals surface area (Å²) in [7, 11) is 1.49. The van der Waals surface area contributed by atoms with Gasteiger partial charge >= 0.3 is 5.63 Å². The first-order chi connectivity index (χ1) is 14.9. The van der Waals surface area contributed by atoms with Crippen molar-refractivity contribution in [3.63, 3.8) is 0 Å². The van der Waals surface area contributed by atoms with Crippen molar-refractivity contribution in [3.05, 3.63) is 111 Å². The van der Waals surface area contributed by atoms with Gasteiger partial charge in [0.05, 0.1) is 12.7 Å². The second-order valence-corrected chi connectivity index (χ2v) is 7.29. The molecule has 0 bridgehead atoms. The molecule has 0 aliphatic rings. The van der Waals surface area contributed by atoms with Gasteiger partial charge in [-0.15, -0.1) is 0 Å². The lowest BCUT2D eigenvalue weighted by Crippen LogP contribution is -2.22. The van der Waals surface area contributed by atoms with Gasteiger partial charge in [-0.25, -0.2) is 4.79 Å². The molecule has 0 aliphatic heterocycles. The average Bonchev–Trinajstić information content (AvgIpc) is 2.77. The van der Waals surface area contributed by atoms with Crippen molar-refractivity contribution >= 4 is 22.5 Å². The van der Waals surface area contributed by atoms with Crippen LogP contribution in [-0.4, -0.2) is 18.7 Å². The predicted octanol–water partition coefficient (Wildman–Crippen LogP) is 4.88. The van der Waals surface area contributed by atoms with Crippen molar-refractivity contribution in [2.24, 2.45) is 0 Å². The van der Waals surface area contributed by atoms with Gasteiger partial charge in [0.15, 0.2) is 5.78 Å². The number of hydrogen-bond donors (Lipinski definition) is 0. The number of fused-ring (bicyclic) bond motifs is 1. The van der Waals surface area contributed by atoms with E-state index in [1.54, 1.807) is 55.5 Å². The van der Waals surface area contributed by atoms with E-state index in [1.807, 2.05) is 19.1 Å². The number of carbonyl (C=O) groups excluding carboxylic acids is 2. The van der Waals surface area contributed by atoms with Gasteiger partial charge < -0.3 is 9.15 Å². The maximum Gasteiger partial charge on any atom is 0.348 e. The van der Waals surface area contributed by atoms with Gasteiger partial charge in [0.1, 0.15) is 16.9 Å². The Hall–Kier alpha value is -3.99. The third-order valence-electron chi connectivity index (χ3n) is 5.35. The lowest BCUT2D eigenvalue weighted by atomic mass is 9.89. The molecule has 0 aliphatic carbocycles. The summed E-state index contributed by atoms with van der Waals surface area (Å²) in [4.78, 5) is 40.1. The van der Waals surface area contributed by atoms with Gasteiger partial charge in [-0.3, -0.25) is 9.59 Å². The summed E-state index contributed by atoms with van der Waals surface area (Å²) < 4.78 is 10.7. The third-order valence-corrected chi connectivity index (χ3v) is 5.35. The van der Waals surface area contributed by atoms with Crippen LogP contribution in [0.2, 0.25) is 0 Å². The van der Waals surface area contributed by atoms with E-state index in [2.05, 4.69) is 0 Å². The van der Waals surface area contributed by atoms with Crippen molar-refractivity contribution in [3.8, 4) is 5.75 Å². The molecule has 1 aromatic heterocycles. The van der Waals surface area contributed by atoms with Crippen molar-refractivity contribution in [1.29, 1.82) is 0 Å². The summed E-state index contributed by atoms with van der Waals surface area (Å²) in [5.74, 6) is -0.470. The Morgan fingerprint density at radius 2 is 1.32 bits per heavy atom. The van der Waals surface area contributed by atoms with E-state index < -0.39 is 17.2 Å². The SMILES string of the molecule is COc1ccc2c(C(=O)c3ccccc3C)c(C(=O)c3ccccc3C)c(=O)oc2c1. The molecular weight excluding hydrogens is 392 g/mol. The highest BCUT2D eigenvalue weighted by molar-refractivity contribution is 6.24. The second kappa shape index (κ2) is 8.03. The van der Waals surface area contributed by atoms with Gasteiger partial charge in [0.25, 0.3) is 0 Å². The molecule has 0 unspecified atom stereocenters. The quantitative estimate of drug-likeness (QED) is 0.345. The fourth-order valence-electron chi connectivity index (χ4n) is 3.67. The molecule has 0 atom stereocenters. The molecule has 0 N–H and O–H groups in total. The van der Waals surface area contributed by atoms with Crippen LogP contribution in [0.5, 0.6) is 5.75 Å². The highest BCUT2D eigenvalue weighted by Crippen LogP contribution is 2.29. The van der Waals surface area contributed by atoms with E-state index in [0.29, 0.717) is 27.8 Å². The van der Waals surface area contributed by atoms with Gasteiger partial charge in [0, 0.05) is 22.6 Å². The molecule has 154 valence electrons. The van der Waals surface area contributed by atoms with Crippen molar-refractivity contribution in [1.82, 2.24) is 0 Å².